The Kier molecular flexibility index (Phi) is 3.35. The van der Waals surface area contributed by atoms with Gasteiger partial charge in [0.05, 0.1) is 11.3 Å². The Morgan fingerprint density at radius 2 is 1.95 bits per heavy atom. The molecule has 0 amide bonds. The van der Waals surface area contributed by atoms with E-state index in [1.807, 2.05) is 0 Å². The van der Waals surface area contributed by atoms with Crippen molar-refractivity contribution in [1.29, 1.82) is 0 Å². The number of anilines is 1. The Morgan fingerprint density at radius 1 is 1.25 bits per heavy atom. The van der Waals surface area contributed by atoms with Gasteiger partial charge in [0, 0.05) is 17.4 Å². The summed E-state index contributed by atoms with van der Waals surface area (Å²) in [5.41, 5.74) is 4.24. The van der Waals surface area contributed by atoms with Crippen LogP contribution in [0.3, 0.4) is 0 Å². The molecule has 0 unspecified atom stereocenters. The van der Waals surface area contributed by atoms with E-state index in [1.54, 1.807) is 0 Å². The highest BCUT2D eigenvalue weighted by Gasteiger charge is 2.31. The zero-order valence-corrected chi connectivity index (χ0v) is 9.98. The Bertz CT molecular complexity index is 669. The quantitative estimate of drug-likeness (QED) is 0.887. The maximum Gasteiger partial charge on any atom is 0.416 e. The smallest absolute Gasteiger partial charge is 0.416 e. The highest BCUT2D eigenvalue weighted by atomic mass is 19.4. The molecule has 0 aliphatic carbocycles. The highest BCUT2D eigenvalue weighted by molar-refractivity contribution is 6.00. The van der Waals surface area contributed by atoms with Crippen molar-refractivity contribution in [3.63, 3.8) is 0 Å². The van der Waals surface area contributed by atoms with Crippen LogP contribution in [0.15, 0.2) is 36.5 Å². The maximum atomic E-state index is 12.7. The predicted molar refractivity (Wildman–Crippen MR) is 66.0 cm³/mol. The average Bonchev–Trinajstić information content (AvgIpc) is 2.37. The molecule has 1 aromatic carbocycles. The Hall–Kier alpha value is -2.57. The van der Waals surface area contributed by atoms with Gasteiger partial charge in [-0.25, -0.2) is 4.79 Å². The van der Waals surface area contributed by atoms with Crippen LogP contribution in [-0.2, 0) is 6.18 Å². The molecule has 0 spiro atoms. The third-order valence-corrected chi connectivity index (χ3v) is 2.66. The van der Waals surface area contributed by atoms with Crippen molar-refractivity contribution in [2.24, 2.45) is 0 Å². The number of nitrogens with two attached hydrogens (primary N) is 1. The number of carbonyl (C=O) groups is 1. The van der Waals surface area contributed by atoms with Crippen molar-refractivity contribution < 1.29 is 23.1 Å². The topological polar surface area (TPSA) is 76.2 Å². The first-order chi connectivity index (χ1) is 9.30. The molecular weight excluding hydrogens is 273 g/mol. The van der Waals surface area contributed by atoms with Crippen LogP contribution in [0.25, 0.3) is 11.3 Å². The Morgan fingerprint density at radius 3 is 2.55 bits per heavy atom. The van der Waals surface area contributed by atoms with Gasteiger partial charge in [0.25, 0.3) is 0 Å². The van der Waals surface area contributed by atoms with Gasteiger partial charge < -0.3 is 10.8 Å². The van der Waals surface area contributed by atoms with E-state index < -0.39 is 17.7 Å². The van der Waals surface area contributed by atoms with Gasteiger partial charge in [0.2, 0.25) is 0 Å². The summed E-state index contributed by atoms with van der Waals surface area (Å²) < 4.78 is 38.0. The van der Waals surface area contributed by atoms with Crippen molar-refractivity contribution in [2.45, 2.75) is 6.18 Å². The molecule has 0 atom stereocenters. The van der Waals surface area contributed by atoms with Crippen molar-refractivity contribution in [2.75, 3.05) is 5.73 Å². The van der Waals surface area contributed by atoms with Crippen LogP contribution in [0.2, 0.25) is 0 Å². The number of halogens is 3. The number of benzene rings is 1. The van der Waals surface area contributed by atoms with Crippen LogP contribution < -0.4 is 5.73 Å². The van der Waals surface area contributed by atoms with E-state index in [4.69, 9.17) is 10.8 Å². The summed E-state index contributed by atoms with van der Waals surface area (Å²) in [6.07, 6.45) is -3.27. The molecule has 0 fully saturated rings. The lowest BCUT2D eigenvalue weighted by molar-refractivity contribution is -0.137. The number of rotatable bonds is 2. The molecule has 0 aliphatic heterocycles. The van der Waals surface area contributed by atoms with E-state index in [9.17, 15) is 18.0 Å². The lowest BCUT2D eigenvalue weighted by Gasteiger charge is -2.11. The average molecular weight is 282 g/mol. The summed E-state index contributed by atoms with van der Waals surface area (Å²) in [5.74, 6) is -1.34. The minimum absolute atomic E-state index is 0.0459. The van der Waals surface area contributed by atoms with Gasteiger partial charge >= 0.3 is 12.1 Å². The molecule has 0 aliphatic rings. The number of pyridine rings is 1. The molecule has 0 saturated carbocycles. The number of hydrogen-bond donors (Lipinski definition) is 2. The predicted octanol–water partition coefficient (Wildman–Crippen LogP) is 3.05. The molecule has 7 heteroatoms. The van der Waals surface area contributed by atoms with E-state index in [-0.39, 0.29) is 22.5 Å². The SMILES string of the molecule is Nc1ccnc(-c2cccc(C(F)(F)F)c2)c1C(=O)O. The lowest BCUT2D eigenvalue weighted by atomic mass is 10.0. The van der Waals surface area contributed by atoms with Crippen LogP contribution in [0.5, 0.6) is 0 Å². The zero-order chi connectivity index (χ0) is 14.9. The van der Waals surface area contributed by atoms with E-state index in [1.165, 1.54) is 24.4 Å². The summed E-state index contributed by atoms with van der Waals surface area (Å²) in [5, 5.41) is 9.09. The summed E-state index contributed by atoms with van der Waals surface area (Å²) in [4.78, 5) is 15.0. The molecule has 2 aromatic rings. The number of carboxylic acid groups (broad SMARTS) is 1. The summed E-state index contributed by atoms with van der Waals surface area (Å²) in [7, 11) is 0. The fourth-order valence-corrected chi connectivity index (χ4v) is 1.76. The van der Waals surface area contributed by atoms with Crippen LogP contribution in [-0.4, -0.2) is 16.1 Å². The zero-order valence-electron chi connectivity index (χ0n) is 9.98. The fraction of sp³-hybridized carbons (Fsp3) is 0.0769. The molecule has 1 aromatic heterocycles. The van der Waals surface area contributed by atoms with E-state index in [0.717, 1.165) is 12.1 Å². The maximum absolute atomic E-state index is 12.7. The van der Waals surface area contributed by atoms with Crippen molar-refractivity contribution in [3.05, 3.63) is 47.7 Å². The number of carboxylic acids is 1. The second-order valence-electron chi connectivity index (χ2n) is 4.01. The van der Waals surface area contributed by atoms with Gasteiger partial charge in [0.15, 0.2) is 0 Å². The normalized spacial score (nSPS) is 11.3. The second kappa shape index (κ2) is 4.84. The minimum Gasteiger partial charge on any atom is -0.478 e. The van der Waals surface area contributed by atoms with Crippen molar-refractivity contribution in [3.8, 4) is 11.3 Å². The van der Waals surface area contributed by atoms with Gasteiger partial charge in [-0.3, -0.25) is 4.98 Å². The first kappa shape index (κ1) is 13.9. The van der Waals surface area contributed by atoms with Crippen LogP contribution in [0.1, 0.15) is 15.9 Å². The molecule has 0 bridgehead atoms. The summed E-state index contributed by atoms with van der Waals surface area (Å²) >= 11 is 0. The number of aromatic nitrogens is 1. The monoisotopic (exact) mass is 282 g/mol. The minimum atomic E-state index is -4.51. The van der Waals surface area contributed by atoms with Crippen LogP contribution in [0.4, 0.5) is 18.9 Å². The number of nitrogens with zero attached hydrogens (tertiary/aromatic N) is 1. The molecule has 3 N–H and O–H groups in total. The fourth-order valence-electron chi connectivity index (χ4n) is 1.76. The molecule has 20 heavy (non-hydrogen) atoms. The summed E-state index contributed by atoms with van der Waals surface area (Å²) in [6.45, 7) is 0. The van der Waals surface area contributed by atoms with Crippen molar-refractivity contribution in [1.82, 2.24) is 4.98 Å². The van der Waals surface area contributed by atoms with E-state index in [2.05, 4.69) is 4.98 Å². The summed E-state index contributed by atoms with van der Waals surface area (Å²) in [6, 6.07) is 5.56. The van der Waals surface area contributed by atoms with Crippen LogP contribution in [0, 0.1) is 0 Å². The lowest BCUT2D eigenvalue weighted by Crippen LogP contribution is -2.08. The Balaban J connectivity index is 2.64. The second-order valence-corrected chi connectivity index (χ2v) is 4.01. The molecule has 0 saturated heterocycles. The molecule has 0 radical (unpaired) electrons. The first-order valence-electron chi connectivity index (χ1n) is 5.46. The Labute approximate surface area is 111 Å². The highest BCUT2D eigenvalue weighted by Crippen LogP contribution is 2.33. The standard InChI is InChI=1S/C13H9F3N2O2/c14-13(15,16)8-3-1-2-7(6-8)11-10(12(19)20)9(17)4-5-18-11/h1-6H,(H2,17,18)(H,19,20). The van der Waals surface area contributed by atoms with Gasteiger partial charge in [-0.15, -0.1) is 0 Å². The molecule has 4 nitrogen and oxygen atoms in total. The number of alkyl halides is 3. The largest absolute Gasteiger partial charge is 0.478 e. The molecule has 2 rings (SSSR count). The van der Waals surface area contributed by atoms with Crippen LogP contribution >= 0.6 is 0 Å². The van der Waals surface area contributed by atoms with Gasteiger partial charge in [0.1, 0.15) is 5.56 Å². The molecule has 1 heterocycles. The molecule has 104 valence electrons. The van der Waals surface area contributed by atoms with E-state index in [0.29, 0.717) is 0 Å². The number of hydrogen-bond acceptors (Lipinski definition) is 3. The van der Waals surface area contributed by atoms with Gasteiger partial charge in [-0.2, -0.15) is 13.2 Å². The first-order valence-corrected chi connectivity index (χ1v) is 5.46. The van der Waals surface area contributed by atoms with Gasteiger partial charge in [-0.1, -0.05) is 12.1 Å². The number of nitrogen functional groups attached to an aromatic ring is 1. The number of aromatic carboxylic acids is 1. The van der Waals surface area contributed by atoms with E-state index >= 15 is 0 Å². The van der Waals surface area contributed by atoms with Crippen molar-refractivity contribution >= 4 is 11.7 Å². The van der Waals surface area contributed by atoms with Gasteiger partial charge in [-0.05, 0) is 18.2 Å². The third-order valence-electron chi connectivity index (χ3n) is 2.66. The molecular formula is C13H9F3N2O2. The third kappa shape index (κ3) is 2.56.